The van der Waals surface area contributed by atoms with Crippen molar-refractivity contribution in [3.05, 3.63) is 34.4 Å². The number of hydrogen-bond donors (Lipinski definition) is 1. The normalized spacial score (nSPS) is 10.5. The lowest BCUT2D eigenvalue weighted by molar-refractivity contribution is 0.0988. The first-order chi connectivity index (χ1) is 7.60. The van der Waals surface area contributed by atoms with E-state index in [1.165, 1.54) is 5.56 Å². The molecule has 0 aliphatic heterocycles. The number of aryl methyl sites for hydroxylation is 2. The molecule has 0 amide bonds. The third-order valence-corrected chi connectivity index (χ3v) is 2.92. The van der Waals surface area contributed by atoms with E-state index in [9.17, 15) is 4.79 Å². The maximum absolute atomic E-state index is 11.6. The molecule has 0 unspecified atom stereocenters. The van der Waals surface area contributed by atoms with Crippen molar-refractivity contribution in [3.8, 4) is 0 Å². The van der Waals surface area contributed by atoms with Crippen LogP contribution in [-0.4, -0.2) is 17.5 Å². The van der Waals surface area contributed by atoms with Gasteiger partial charge in [0.25, 0.3) is 0 Å². The summed E-state index contributed by atoms with van der Waals surface area (Å²) in [6.07, 6.45) is 2.21. The zero-order valence-corrected chi connectivity index (χ0v) is 10.3. The molecule has 0 aromatic heterocycles. The van der Waals surface area contributed by atoms with Crippen LogP contribution >= 0.6 is 0 Å². The van der Waals surface area contributed by atoms with Crippen LogP contribution in [0.25, 0.3) is 0 Å². The predicted octanol–water partition coefficient (Wildman–Crippen LogP) is 2.82. The monoisotopic (exact) mass is 220 g/mol. The zero-order valence-electron chi connectivity index (χ0n) is 10.3. The number of hydrogen-bond acceptors (Lipinski definition) is 2. The van der Waals surface area contributed by atoms with E-state index in [1.54, 1.807) is 0 Å². The number of ketones is 1. The molecule has 88 valence electrons. The highest BCUT2D eigenvalue weighted by atomic mass is 16.2. The van der Waals surface area contributed by atoms with Crippen LogP contribution < -0.4 is 0 Å². The van der Waals surface area contributed by atoms with Crippen LogP contribution in [-0.2, 0) is 6.42 Å². The van der Waals surface area contributed by atoms with E-state index in [0.29, 0.717) is 6.42 Å². The molecule has 2 heteroatoms. The number of aliphatic hydroxyl groups excluding tert-OH is 1. The molecular formula is C14H20O2. The van der Waals surface area contributed by atoms with Crippen LogP contribution in [0.5, 0.6) is 0 Å². The fraction of sp³-hybridized carbons (Fsp3) is 0.500. The Kier molecular flexibility index (Phi) is 4.69. The van der Waals surface area contributed by atoms with Crippen LogP contribution in [0.2, 0.25) is 0 Å². The van der Waals surface area contributed by atoms with Gasteiger partial charge in [0.15, 0.2) is 5.78 Å². The lowest BCUT2D eigenvalue weighted by atomic mass is 9.94. The standard InChI is InChI=1S/C14H20O2/c1-4-14(16)12-8-10(2)13(6-5-7-15)11(3)9-12/h8-9,15H,4-7H2,1-3H3. The first-order valence-electron chi connectivity index (χ1n) is 5.84. The lowest BCUT2D eigenvalue weighted by Crippen LogP contribution is -2.02. The molecule has 1 rings (SSSR count). The van der Waals surface area contributed by atoms with Gasteiger partial charge in [0, 0.05) is 18.6 Å². The predicted molar refractivity (Wildman–Crippen MR) is 65.9 cm³/mol. The Balaban J connectivity index is 3.02. The second kappa shape index (κ2) is 5.80. The van der Waals surface area contributed by atoms with E-state index in [0.717, 1.165) is 29.5 Å². The smallest absolute Gasteiger partial charge is 0.162 e. The van der Waals surface area contributed by atoms with E-state index in [-0.39, 0.29) is 12.4 Å². The first-order valence-corrected chi connectivity index (χ1v) is 5.84. The number of carbonyl (C=O) groups excluding carboxylic acids is 1. The van der Waals surface area contributed by atoms with Crippen LogP contribution in [0.15, 0.2) is 12.1 Å². The molecule has 0 fully saturated rings. The molecule has 0 saturated carbocycles. The van der Waals surface area contributed by atoms with Crippen LogP contribution in [0.4, 0.5) is 0 Å². The molecule has 0 aliphatic rings. The molecule has 0 bridgehead atoms. The number of Topliss-reactive ketones (excluding diaryl/α,β-unsaturated/α-hetero) is 1. The SMILES string of the molecule is CCC(=O)c1cc(C)c(CCCO)c(C)c1. The summed E-state index contributed by atoms with van der Waals surface area (Å²) in [7, 11) is 0. The zero-order chi connectivity index (χ0) is 12.1. The van der Waals surface area contributed by atoms with E-state index in [4.69, 9.17) is 5.11 Å². The summed E-state index contributed by atoms with van der Waals surface area (Å²) in [6, 6.07) is 3.93. The average molecular weight is 220 g/mol. The molecule has 1 N–H and O–H groups in total. The Morgan fingerprint density at radius 3 is 2.25 bits per heavy atom. The molecule has 0 radical (unpaired) electrons. The van der Waals surface area contributed by atoms with Gasteiger partial charge in [-0.3, -0.25) is 4.79 Å². The molecule has 16 heavy (non-hydrogen) atoms. The summed E-state index contributed by atoms with van der Waals surface area (Å²) in [5.74, 6) is 0.194. The number of aliphatic hydroxyl groups is 1. The average Bonchev–Trinajstić information content (AvgIpc) is 2.26. The Bertz CT molecular complexity index is 357. The third-order valence-electron chi connectivity index (χ3n) is 2.92. The largest absolute Gasteiger partial charge is 0.396 e. The van der Waals surface area contributed by atoms with Gasteiger partial charge in [-0.05, 0) is 55.5 Å². The first kappa shape index (κ1) is 12.9. The molecule has 0 spiro atoms. The summed E-state index contributed by atoms with van der Waals surface area (Å²) < 4.78 is 0. The maximum atomic E-state index is 11.6. The Hall–Kier alpha value is -1.15. The van der Waals surface area contributed by atoms with Crippen molar-refractivity contribution in [3.63, 3.8) is 0 Å². The van der Waals surface area contributed by atoms with Gasteiger partial charge in [0.1, 0.15) is 0 Å². The van der Waals surface area contributed by atoms with Gasteiger partial charge >= 0.3 is 0 Å². The van der Waals surface area contributed by atoms with Gasteiger partial charge < -0.3 is 5.11 Å². The van der Waals surface area contributed by atoms with E-state index < -0.39 is 0 Å². The minimum Gasteiger partial charge on any atom is -0.396 e. The minimum atomic E-state index is 0.194. The highest BCUT2D eigenvalue weighted by Crippen LogP contribution is 2.19. The van der Waals surface area contributed by atoms with Gasteiger partial charge in [-0.1, -0.05) is 6.92 Å². The second-order valence-corrected chi connectivity index (χ2v) is 4.19. The van der Waals surface area contributed by atoms with E-state index >= 15 is 0 Å². The summed E-state index contributed by atoms with van der Waals surface area (Å²) in [5, 5.41) is 8.84. The van der Waals surface area contributed by atoms with Gasteiger partial charge in [-0.25, -0.2) is 0 Å². The third kappa shape index (κ3) is 2.92. The molecule has 0 saturated heterocycles. The van der Waals surface area contributed by atoms with E-state index in [1.807, 2.05) is 32.9 Å². The van der Waals surface area contributed by atoms with Gasteiger partial charge in [0.2, 0.25) is 0 Å². The topological polar surface area (TPSA) is 37.3 Å². The van der Waals surface area contributed by atoms with Gasteiger partial charge in [-0.15, -0.1) is 0 Å². The van der Waals surface area contributed by atoms with Crippen molar-refractivity contribution in [2.75, 3.05) is 6.61 Å². The summed E-state index contributed by atoms with van der Waals surface area (Å²) >= 11 is 0. The molecule has 1 aromatic rings. The summed E-state index contributed by atoms with van der Waals surface area (Å²) in [4.78, 5) is 11.6. The van der Waals surface area contributed by atoms with Crippen molar-refractivity contribution in [2.24, 2.45) is 0 Å². The highest BCUT2D eigenvalue weighted by Gasteiger charge is 2.09. The van der Waals surface area contributed by atoms with Crippen molar-refractivity contribution in [1.29, 1.82) is 0 Å². The van der Waals surface area contributed by atoms with Crippen molar-refractivity contribution in [2.45, 2.75) is 40.0 Å². The van der Waals surface area contributed by atoms with Crippen LogP contribution in [0.1, 0.15) is 46.8 Å². The fourth-order valence-corrected chi connectivity index (χ4v) is 2.01. The minimum absolute atomic E-state index is 0.194. The van der Waals surface area contributed by atoms with Crippen LogP contribution in [0, 0.1) is 13.8 Å². The molecule has 0 heterocycles. The van der Waals surface area contributed by atoms with Crippen molar-refractivity contribution < 1.29 is 9.90 Å². The molecular weight excluding hydrogens is 200 g/mol. The summed E-state index contributed by atoms with van der Waals surface area (Å²) in [6.45, 7) is 6.17. The Morgan fingerprint density at radius 2 is 1.81 bits per heavy atom. The maximum Gasteiger partial charge on any atom is 0.162 e. The van der Waals surface area contributed by atoms with Crippen molar-refractivity contribution >= 4 is 5.78 Å². The van der Waals surface area contributed by atoms with Gasteiger partial charge in [0.05, 0.1) is 0 Å². The van der Waals surface area contributed by atoms with Crippen molar-refractivity contribution in [1.82, 2.24) is 0 Å². The number of benzene rings is 1. The second-order valence-electron chi connectivity index (χ2n) is 4.19. The Labute approximate surface area is 97.3 Å². The van der Waals surface area contributed by atoms with Gasteiger partial charge in [-0.2, -0.15) is 0 Å². The molecule has 0 atom stereocenters. The number of rotatable bonds is 5. The molecule has 2 nitrogen and oxygen atoms in total. The van der Waals surface area contributed by atoms with E-state index in [2.05, 4.69) is 0 Å². The molecule has 1 aromatic carbocycles. The highest BCUT2D eigenvalue weighted by molar-refractivity contribution is 5.96. The molecule has 0 aliphatic carbocycles. The fourth-order valence-electron chi connectivity index (χ4n) is 2.01. The summed E-state index contributed by atoms with van der Waals surface area (Å²) in [5.41, 5.74) is 4.39. The quantitative estimate of drug-likeness (QED) is 0.775. The Morgan fingerprint density at radius 1 is 1.25 bits per heavy atom. The number of carbonyl (C=O) groups is 1. The van der Waals surface area contributed by atoms with Crippen LogP contribution in [0.3, 0.4) is 0 Å². The lowest BCUT2D eigenvalue weighted by Gasteiger charge is -2.11.